The van der Waals surface area contributed by atoms with E-state index in [1.807, 2.05) is 20.8 Å². The molecule has 2 N–H and O–H groups in total. The highest BCUT2D eigenvalue weighted by Gasteiger charge is 2.23. The Labute approximate surface area is 89.1 Å². The summed E-state index contributed by atoms with van der Waals surface area (Å²) in [4.78, 5) is 0. The fraction of sp³-hybridized carbons (Fsp3) is 1.00. The summed E-state index contributed by atoms with van der Waals surface area (Å²) in [5.74, 6) is 0.756. The van der Waals surface area contributed by atoms with Crippen molar-refractivity contribution in [1.82, 2.24) is 5.32 Å². The van der Waals surface area contributed by atoms with Crippen molar-refractivity contribution in [3.63, 3.8) is 0 Å². The highest BCUT2D eigenvalue weighted by molar-refractivity contribution is 4.82. The van der Waals surface area contributed by atoms with Crippen molar-refractivity contribution in [2.24, 2.45) is 5.92 Å². The van der Waals surface area contributed by atoms with Gasteiger partial charge in [0.15, 0.2) is 0 Å². The van der Waals surface area contributed by atoms with Crippen LogP contribution in [0.5, 0.6) is 0 Å². The van der Waals surface area contributed by atoms with E-state index < -0.39 is 5.60 Å². The maximum atomic E-state index is 9.76. The van der Waals surface area contributed by atoms with Crippen LogP contribution in [0.25, 0.3) is 0 Å². The van der Waals surface area contributed by atoms with Crippen LogP contribution < -0.4 is 5.32 Å². The molecule has 0 saturated carbocycles. The first-order valence-corrected chi connectivity index (χ1v) is 5.75. The van der Waals surface area contributed by atoms with Gasteiger partial charge in [0.2, 0.25) is 0 Å². The van der Waals surface area contributed by atoms with Gasteiger partial charge in [-0.15, -0.1) is 0 Å². The third kappa shape index (κ3) is 5.61. The Morgan fingerprint density at radius 1 is 1.21 bits per heavy atom. The molecule has 0 heterocycles. The second-order valence-corrected chi connectivity index (χ2v) is 5.19. The molecule has 0 amide bonds. The van der Waals surface area contributed by atoms with Crippen LogP contribution in [0.2, 0.25) is 0 Å². The smallest absolute Gasteiger partial charge is 0.0741 e. The molecule has 86 valence electrons. The van der Waals surface area contributed by atoms with Gasteiger partial charge in [-0.1, -0.05) is 20.3 Å². The second-order valence-electron chi connectivity index (χ2n) is 5.19. The van der Waals surface area contributed by atoms with Crippen molar-refractivity contribution in [3.05, 3.63) is 0 Å². The Hall–Kier alpha value is -0.0800. The molecule has 0 fully saturated rings. The summed E-state index contributed by atoms with van der Waals surface area (Å²) in [6, 6.07) is 0.618. The Morgan fingerprint density at radius 2 is 1.71 bits per heavy atom. The van der Waals surface area contributed by atoms with Gasteiger partial charge < -0.3 is 10.4 Å². The zero-order chi connectivity index (χ0) is 11.4. The second kappa shape index (κ2) is 5.72. The molecule has 0 aliphatic heterocycles. The van der Waals surface area contributed by atoms with Gasteiger partial charge in [0, 0.05) is 12.1 Å². The molecule has 0 saturated heterocycles. The minimum atomic E-state index is -0.635. The normalized spacial score (nSPS) is 19.1. The Bertz CT molecular complexity index is 151. The molecule has 2 nitrogen and oxygen atoms in total. The third-order valence-electron chi connectivity index (χ3n) is 3.05. The summed E-state index contributed by atoms with van der Waals surface area (Å²) in [6.45, 7) is 12.4. The van der Waals surface area contributed by atoms with Gasteiger partial charge in [0.1, 0.15) is 0 Å². The first-order valence-electron chi connectivity index (χ1n) is 5.75. The molecule has 0 aromatic heterocycles. The van der Waals surface area contributed by atoms with Crippen molar-refractivity contribution in [2.75, 3.05) is 0 Å². The molecule has 3 unspecified atom stereocenters. The van der Waals surface area contributed by atoms with Crippen LogP contribution in [-0.2, 0) is 0 Å². The summed E-state index contributed by atoms with van der Waals surface area (Å²) in [5.41, 5.74) is -0.635. The number of aliphatic hydroxyl groups is 1. The van der Waals surface area contributed by atoms with Crippen LogP contribution in [0.3, 0.4) is 0 Å². The largest absolute Gasteiger partial charge is 0.389 e. The molecule has 0 aliphatic carbocycles. The summed E-state index contributed by atoms with van der Waals surface area (Å²) < 4.78 is 0. The monoisotopic (exact) mass is 201 g/mol. The number of nitrogens with one attached hydrogen (secondary N) is 1. The van der Waals surface area contributed by atoms with Gasteiger partial charge in [-0.05, 0) is 40.0 Å². The fourth-order valence-electron chi connectivity index (χ4n) is 1.47. The lowest BCUT2D eigenvalue weighted by Crippen LogP contribution is -2.48. The molecule has 14 heavy (non-hydrogen) atoms. The minimum absolute atomic E-state index is 0.140. The van der Waals surface area contributed by atoms with Crippen LogP contribution in [-0.4, -0.2) is 22.8 Å². The lowest BCUT2D eigenvalue weighted by Gasteiger charge is -2.30. The van der Waals surface area contributed by atoms with E-state index in [9.17, 15) is 5.11 Å². The Kier molecular flexibility index (Phi) is 5.68. The number of rotatable bonds is 6. The highest BCUT2D eigenvalue weighted by atomic mass is 16.3. The quantitative estimate of drug-likeness (QED) is 0.692. The van der Waals surface area contributed by atoms with Crippen molar-refractivity contribution in [3.8, 4) is 0 Å². The molecule has 3 atom stereocenters. The summed E-state index contributed by atoms with van der Waals surface area (Å²) in [5, 5.41) is 13.2. The predicted molar refractivity (Wildman–Crippen MR) is 62.4 cm³/mol. The molecule has 0 bridgehead atoms. The molecule has 0 aromatic carbocycles. The van der Waals surface area contributed by atoms with Crippen LogP contribution in [0, 0.1) is 5.92 Å². The molecular weight excluding hydrogens is 174 g/mol. The SMILES string of the molecule is CCC(C)CC(C)NC(C)C(C)(C)O. The average molecular weight is 201 g/mol. The molecule has 0 rings (SSSR count). The summed E-state index contributed by atoms with van der Waals surface area (Å²) in [7, 11) is 0. The van der Waals surface area contributed by atoms with Gasteiger partial charge >= 0.3 is 0 Å². The average Bonchev–Trinajstić information content (AvgIpc) is 2.02. The van der Waals surface area contributed by atoms with E-state index in [1.54, 1.807) is 0 Å². The van der Waals surface area contributed by atoms with Crippen molar-refractivity contribution in [1.29, 1.82) is 0 Å². The predicted octanol–water partition coefficient (Wildman–Crippen LogP) is 2.56. The van der Waals surface area contributed by atoms with Gasteiger partial charge in [-0.3, -0.25) is 0 Å². The van der Waals surface area contributed by atoms with Crippen LogP contribution >= 0.6 is 0 Å². The van der Waals surface area contributed by atoms with E-state index in [-0.39, 0.29) is 6.04 Å². The number of hydrogen-bond donors (Lipinski definition) is 2. The molecule has 2 heteroatoms. The first kappa shape index (κ1) is 13.9. The Morgan fingerprint density at radius 3 is 2.07 bits per heavy atom. The van der Waals surface area contributed by atoms with Gasteiger partial charge in [-0.25, -0.2) is 0 Å². The standard InChI is InChI=1S/C12H27NO/c1-7-9(2)8-10(3)13-11(4)12(5,6)14/h9-11,13-14H,7-8H2,1-6H3. The molecule has 0 aliphatic rings. The van der Waals surface area contributed by atoms with Crippen LogP contribution in [0.15, 0.2) is 0 Å². The lowest BCUT2D eigenvalue weighted by molar-refractivity contribution is 0.0395. The van der Waals surface area contributed by atoms with Gasteiger partial charge in [0.25, 0.3) is 0 Å². The maximum absolute atomic E-state index is 9.76. The minimum Gasteiger partial charge on any atom is -0.389 e. The molecule has 0 aromatic rings. The van der Waals surface area contributed by atoms with Gasteiger partial charge in [0.05, 0.1) is 5.60 Å². The summed E-state index contributed by atoms with van der Waals surface area (Å²) in [6.07, 6.45) is 2.40. The first-order chi connectivity index (χ1) is 6.27. The molecular formula is C12H27NO. The zero-order valence-corrected chi connectivity index (χ0v) is 10.6. The zero-order valence-electron chi connectivity index (χ0n) is 10.6. The summed E-state index contributed by atoms with van der Waals surface area (Å²) >= 11 is 0. The van der Waals surface area contributed by atoms with E-state index in [0.29, 0.717) is 6.04 Å². The fourth-order valence-corrected chi connectivity index (χ4v) is 1.47. The third-order valence-corrected chi connectivity index (χ3v) is 3.05. The molecule has 0 spiro atoms. The Balaban J connectivity index is 3.88. The van der Waals surface area contributed by atoms with E-state index in [0.717, 1.165) is 5.92 Å². The van der Waals surface area contributed by atoms with E-state index in [4.69, 9.17) is 0 Å². The van der Waals surface area contributed by atoms with Crippen LogP contribution in [0.4, 0.5) is 0 Å². The van der Waals surface area contributed by atoms with Crippen molar-refractivity contribution < 1.29 is 5.11 Å². The molecule has 0 radical (unpaired) electrons. The number of hydrogen-bond acceptors (Lipinski definition) is 2. The van der Waals surface area contributed by atoms with Gasteiger partial charge in [-0.2, -0.15) is 0 Å². The van der Waals surface area contributed by atoms with Crippen molar-refractivity contribution >= 4 is 0 Å². The van der Waals surface area contributed by atoms with E-state index in [2.05, 4.69) is 26.1 Å². The van der Waals surface area contributed by atoms with Crippen LogP contribution in [0.1, 0.15) is 54.4 Å². The topological polar surface area (TPSA) is 32.3 Å². The maximum Gasteiger partial charge on any atom is 0.0741 e. The highest BCUT2D eigenvalue weighted by Crippen LogP contribution is 2.13. The van der Waals surface area contributed by atoms with Crippen molar-refractivity contribution in [2.45, 2.75) is 72.1 Å². The van der Waals surface area contributed by atoms with E-state index >= 15 is 0 Å². The van der Waals surface area contributed by atoms with E-state index in [1.165, 1.54) is 12.8 Å². The lowest BCUT2D eigenvalue weighted by atomic mass is 9.96.